The number of carbonyl (C=O) groups is 1. The largest absolute Gasteiger partial charge is 0.337 e. The van der Waals surface area contributed by atoms with Crippen LogP contribution in [0, 0.1) is 16.7 Å². The predicted octanol–water partition coefficient (Wildman–Crippen LogP) is 1.99. The SMILES string of the molecule is CCCC(C)(C)C(=O)NC1(C#N)CC1. The van der Waals surface area contributed by atoms with E-state index in [1.807, 2.05) is 13.8 Å². The summed E-state index contributed by atoms with van der Waals surface area (Å²) in [4.78, 5) is 11.8. The van der Waals surface area contributed by atoms with Crippen LogP contribution in [-0.2, 0) is 4.79 Å². The lowest BCUT2D eigenvalue weighted by molar-refractivity contribution is -0.130. The maximum Gasteiger partial charge on any atom is 0.226 e. The Bertz CT molecular complexity index is 272. The lowest BCUT2D eigenvalue weighted by Crippen LogP contribution is -2.43. The molecule has 14 heavy (non-hydrogen) atoms. The van der Waals surface area contributed by atoms with Crippen LogP contribution in [0.1, 0.15) is 46.5 Å². The van der Waals surface area contributed by atoms with Gasteiger partial charge in [-0.1, -0.05) is 27.2 Å². The van der Waals surface area contributed by atoms with Crippen LogP contribution in [0.2, 0.25) is 0 Å². The summed E-state index contributed by atoms with van der Waals surface area (Å²) in [5, 5.41) is 11.7. The molecule has 0 atom stereocenters. The number of amides is 1. The topological polar surface area (TPSA) is 52.9 Å². The zero-order valence-electron chi connectivity index (χ0n) is 9.18. The van der Waals surface area contributed by atoms with Gasteiger partial charge in [0.15, 0.2) is 0 Å². The molecule has 1 aliphatic carbocycles. The van der Waals surface area contributed by atoms with Crippen molar-refractivity contribution in [3.63, 3.8) is 0 Å². The third-order valence-corrected chi connectivity index (χ3v) is 2.81. The Morgan fingerprint density at radius 3 is 2.50 bits per heavy atom. The van der Waals surface area contributed by atoms with Gasteiger partial charge >= 0.3 is 0 Å². The van der Waals surface area contributed by atoms with E-state index in [0.29, 0.717) is 0 Å². The van der Waals surface area contributed by atoms with Gasteiger partial charge in [0.2, 0.25) is 5.91 Å². The fraction of sp³-hybridized carbons (Fsp3) is 0.818. The fourth-order valence-electron chi connectivity index (χ4n) is 1.51. The molecular weight excluding hydrogens is 176 g/mol. The van der Waals surface area contributed by atoms with Gasteiger partial charge in [0.1, 0.15) is 5.54 Å². The van der Waals surface area contributed by atoms with Crippen molar-refractivity contribution < 1.29 is 4.79 Å². The first-order chi connectivity index (χ1) is 6.46. The average Bonchev–Trinajstić information content (AvgIpc) is 2.85. The molecule has 0 unspecified atom stereocenters. The Morgan fingerprint density at radius 2 is 2.14 bits per heavy atom. The van der Waals surface area contributed by atoms with Crippen molar-refractivity contribution in [2.75, 3.05) is 0 Å². The molecular formula is C11H18N2O. The average molecular weight is 194 g/mol. The van der Waals surface area contributed by atoms with Gasteiger partial charge in [0, 0.05) is 5.41 Å². The Labute approximate surface area is 85.5 Å². The van der Waals surface area contributed by atoms with Gasteiger partial charge in [-0.25, -0.2) is 0 Å². The van der Waals surface area contributed by atoms with Crippen LogP contribution in [-0.4, -0.2) is 11.4 Å². The number of nitrogens with one attached hydrogen (secondary N) is 1. The van der Waals surface area contributed by atoms with E-state index in [-0.39, 0.29) is 11.3 Å². The molecule has 1 fully saturated rings. The minimum Gasteiger partial charge on any atom is -0.337 e. The normalized spacial score (nSPS) is 18.4. The first kappa shape index (κ1) is 11.0. The molecule has 78 valence electrons. The summed E-state index contributed by atoms with van der Waals surface area (Å²) in [6.07, 6.45) is 3.45. The Kier molecular flexibility index (Phi) is 2.84. The number of hydrogen-bond donors (Lipinski definition) is 1. The van der Waals surface area contributed by atoms with E-state index in [1.54, 1.807) is 0 Å². The van der Waals surface area contributed by atoms with E-state index in [2.05, 4.69) is 18.3 Å². The van der Waals surface area contributed by atoms with Crippen LogP contribution >= 0.6 is 0 Å². The summed E-state index contributed by atoms with van der Waals surface area (Å²) in [7, 11) is 0. The summed E-state index contributed by atoms with van der Waals surface area (Å²) in [6.45, 7) is 5.92. The smallest absolute Gasteiger partial charge is 0.226 e. The lowest BCUT2D eigenvalue weighted by atomic mass is 9.87. The van der Waals surface area contributed by atoms with Gasteiger partial charge in [0.05, 0.1) is 6.07 Å². The van der Waals surface area contributed by atoms with Crippen LogP contribution < -0.4 is 5.32 Å². The molecule has 0 radical (unpaired) electrons. The first-order valence-electron chi connectivity index (χ1n) is 5.20. The molecule has 3 nitrogen and oxygen atoms in total. The third kappa shape index (κ3) is 2.25. The van der Waals surface area contributed by atoms with E-state index in [1.165, 1.54) is 0 Å². The number of hydrogen-bond acceptors (Lipinski definition) is 2. The molecule has 1 N–H and O–H groups in total. The number of nitriles is 1. The van der Waals surface area contributed by atoms with E-state index in [0.717, 1.165) is 25.7 Å². The second-order valence-electron chi connectivity index (χ2n) is 4.78. The molecule has 0 saturated heterocycles. The van der Waals surface area contributed by atoms with Crippen LogP contribution in [0.4, 0.5) is 0 Å². The molecule has 0 spiro atoms. The lowest BCUT2D eigenvalue weighted by Gasteiger charge is -2.24. The maximum atomic E-state index is 11.8. The second-order valence-corrected chi connectivity index (χ2v) is 4.78. The maximum absolute atomic E-state index is 11.8. The standard InChI is InChI=1S/C11H18N2O/c1-4-5-10(2,3)9(14)13-11(8-12)6-7-11/h4-7H2,1-3H3,(H,13,14). The monoisotopic (exact) mass is 194 g/mol. The highest BCUT2D eigenvalue weighted by atomic mass is 16.2. The Hall–Kier alpha value is -1.04. The van der Waals surface area contributed by atoms with Crippen LogP contribution in [0.25, 0.3) is 0 Å². The zero-order chi connectivity index (χ0) is 10.8. The molecule has 0 aromatic rings. The van der Waals surface area contributed by atoms with Crippen molar-refractivity contribution >= 4 is 5.91 Å². The highest BCUT2D eigenvalue weighted by molar-refractivity contribution is 5.83. The van der Waals surface area contributed by atoms with Crippen LogP contribution in [0.15, 0.2) is 0 Å². The minimum absolute atomic E-state index is 0.0124. The summed E-state index contributed by atoms with van der Waals surface area (Å²) >= 11 is 0. The Morgan fingerprint density at radius 1 is 1.57 bits per heavy atom. The predicted molar refractivity (Wildman–Crippen MR) is 54.4 cm³/mol. The molecule has 1 saturated carbocycles. The van der Waals surface area contributed by atoms with Crippen molar-refractivity contribution in [2.45, 2.75) is 52.0 Å². The molecule has 3 heteroatoms. The van der Waals surface area contributed by atoms with Crippen molar-refractivity contribution in [1.29, 1.82) is 5.26 Å². The zero-order valence-corrected chi connectivity index (χ0v) is 9.18. The summed E-state index contributed by atoms with van der Waals surface area (Å²) < 4.78 is 0. The quantitative estimate of drug-likeness (QED) is 0.744. The molecule has 1 rings (SSSR count). The van der Waals surface area contributed by atoms with Crippen molar-refractivity contribution in [1.82, 2.24) is 5.32 Å². The highest BCUT2D eigenvalue weighted by Crippen LogP contribution is 2.36. The van der Waals surface area contributed by atoms with Crippen molar-refractivity contribution in [2.24, 2.45) is 5.41 Å². The van der Waals surface area contributed by atoms with Gasteiger partial charge in [0.25, 0.3) is 0 Å². The highest BCUT2D eigenvalue weighted by Gasteiger charge is 2.46. The number of rotatable bonds is 4. The van der Waals surface area contributed by atoms with Crippen molar-refractivity contribution in [3.05, 3.63) is 0 Å². The van der Waals surface area contributed by atoms with Crippen LogP contribution in [0.3, 0.4) is 0 Å². The van der Waals surface area contributed by atoms with Crippen molar-refractivity contribution in [3.8, 4) is 6.07 Å². The summed E-state index contributed by atoms with van der Waals surface area (Å²) in [6, 6.07) is 2.17. The second kappa shape index (κ2) is 3.61. The van der Waals surface area contributed by atoms with E-state index in [4.69, 9.17) is 5.26 Å². The van der Waals surface area contributed by atoms with E-state index >= 15 is 0 Å². The summed E-state index contributed by atoms with van der Waals surface area (Å²) in [5.74, 6) is 0.0124. The molecule has 0 heterocycles. The molecule has 1 aliphatic rings. The third-order valence-electron chi connectivity index (χ3n) is 2.81. The van der Waals surface area contributed by atoms with Crippen LogP contribution in [0.5, 0.6) is 0 Å². The van der Waals surface area contributed by atoms with E-state index in [9.17, 15) is 4.79 Å². The van der Waals surface area contributed by atoms with Gasteiger partial charge in [-0.15, -0.1) is 0 Å². The minimum atomic E-state index is -0.526. The molecule has 1 amide bonds. The Balaban J connectivity index is 2.54. The molecule has 0 aromatic carbocycles. The van der Waals surface area contributed by atoms with E-state index < -0.39 is 5.54 Å². The molecule has 0 aromatic heterocycles. The number of carbonyl (C=O) groups excluding carboxylic acids is 1. The summed E-state index contributed by atoms with van der Waals surface area (Å²) in [5.41, 5.74) is -0.872. The van der Waals surface area contributed by atoms with Gasteiger partial charge in [-0.2, -0.15) is 5.26 Å². The first-order valence-corrected chi connectivity index (χ1v) is 5.20. The fourth-order valence-corrected chi connectivity index (χ4v) is 1.51. The molecule has 0 bridgehead atoms. The van der Waals surface area contributed by atoms with Gasteiger partial charge in [-0.05, 0) is 19.3 Å². The number of nitrogens with zero attached hydrogens (tertiary/aromatic N) is 1. The molecule has 0 aliphatic heterocycles. The van der Waals surface area contributed by atoms with Gasteiger partial charge < -0.3 is 5.32 Å². The van der Waals surface area contributed by atoms with Gasteiger partial charge in [-0.3, -0.25) is 4.79 Å².